The Morgan fingerprint density at radius 2 is 1.88 bits per heavy atom. The van der Waals surface area contributed by atoms with Crippen LogP contribution in [0.25, 0.3) is 0 Å². The zero-order valence-corrected chi connectivity index (χ0v) is 14.7. The van der Waals surface area contributed by atoms with Crippen LogP contribution in [0.15, 0.2) is 36.9 Å². The fourth-order valence-electron chi connectivity index (χ4n) is 2.33. The van der Waals surface area contributed by atoms with Crippen molar-refractivity contribution >= 4 is 17.6 Å². The minimum Gasteiger partial charge on any atom is -0.349 e. The van der Waals surface area contributed by atoms with Crippen LogP contribution in [0.5, 0.6) is 0 Å². The van der Waals surface area contributed by atoms with Crippen LogP contribution in [-0.4, -0.2) is 25.0 Å². The highest BCUT2D eigenvalue weighted by atomic mass is 16.2. The highest BCUT2D eigenvalue weighted by Crippen LogP contribution is 2.12. The maximum Gasteiger partial charge on any atom is 0.319 e. The zero-order chi connectivity index (χ0) is 17.8. The van der Waals surface area contributed by atoms with E-state index in [1.807, 2.05) is 0 Å². The summed E-state index contributed by atoms with van der Waals surface area (Å²) in [6, 6.07) is 6.59. The molecule has 132 valence electrons. The molecule has 1 atom stereocenters. The first-order valence-electron chi connectivity index (χ1n) is 8.64. The van der Waals surface area contributed by atoms with E-state index in [2.05, 4.69) is 36.4 Å². The van der Waals surface area contributed by atoms with Gasteiger partial charge in [0.15, 0.2) is 0 Å². The topological polar surface area (TPSA) is 70.2 Å². The van der Waals surface area contributed by atoms with Gasteiger partial charge in [0.05, 0.1) is 0 Å². The molecule has 3 amide bonds. The molecule has 0 aliphatic rings. The summed E-state index contributed by atoms with van der Waals surface area (Å²) in [5.41, 5.74) is 1.21. The monoisotopic (exact) mass is 331 g/mol. The van der Waals surface area contributed by atoms with Gasteiger partial charge in [0.1, 0.15) is 0 Å². The van der Waals surface area contributed by atoms with Gasteiger partial charge in [-0.3, -0.25) is 4.79 Å². The third-order valence-corrected chi connectivity index (χ3v) is 3.91. The lowest BCUT2D eigenvalue weighted by Crippen LogP contribution is -2.33. The van der Waals surface area contributed by atoms with Gasteiger partial charge in [0.25, 0.3) is 5.91 Å². The first-order chi connectivity index (χ1) is 11.6. The van der Waals surface area contributed by atoms with E-state index >= 15 is 0 Å². The number of unbranched alkanes of at least 4 members (excludes halogenated alkanes) is 1. The molecule has 0 radical (unpaired) electrons. The molecule has 0 bridgehead atoms. The van der Waals surface area contributed by atoms with Gasteiger partial charge in [-0.25, -0.2) is 4.79 Å². The van der Waals surface area contributed by atoms with E-state index in [0.29, 0.717) is 30.3 Å². The third kappa shape index (κ3) is 7.31. The molecule has 0 heterocycles. The van der Waals surface area contributed by atoms with Gasteiger partial charge >= 0.3 is 6.03 Å². The molecule has 5 nitrogen and oxygen atoms in total. The Kier molecular flexibility index (Phi) is 9.27. The predicted molar refractivity (Wildman–Crippen MR) is 99.3 cm³/mol. The van der Waals surface area contributed by atoms with Crippen LogP contribution in [-0.2, 0) is 0 Å². The number of nitrogens with one attached hydrogen (secondary N) is 3. The highest BCUT2D eigenvalue weighted by molar-refractivity contribution is 5.95. The van der Waals surface area contributed by atoms with E-state index in [1.165, 1.54) is 12.8 Å². The summed E-state index contributed by atoms with van der Waals surface area (Å²) in [6.45, 7) is 8.99. The highest BCUT2D eigenvalue weighted by Gasteiger charge is 2.09. The number of rotatable bonds is 10. The van der Waals surface area contributed by atoms with Crippen molar-refractivity contribution < 1.29 is 9.59 Å². The van der Waals surface area contributed by atoms with Gasteiger partial charge in [-0.05, 0) is 36.6 Å². The molecule has 5 heteroatoms. The molecule has 0 saturated carbocycles. The van der Waals surface area contributed by atoms with E-state index in [0.717, 1.165) is 12.8 Å². The Hall–Kier alpha value is -2.30. The minimum absolute atomic E-state index is 0.160. The number of hydrogen-bond acceptors (Lipinski definition) is 2. The predicted octanol–water partition coefficient (Wildman–Crippen LogP) is 3.94. The van der Waals surface area contributed by atoms with Gasteiger partial charge in [0.2, 0.25) is 0 Å². The van der Waals surface area contributed by atoms with Crippen molar-refractivity contribution in [2.24, 2.45) is 5.92 Å². The maximum absolute atomic E-state index is 12.0. The Balaban J connectivity index is 2.43. The Morgan fingerprint density at radius 1 is 1.17 bits per heavy atom. The summed E-state index contributed by atoms with van der Waals surface area (Å²) in [6.07, 6.45) is 6.20. The Bertz CT molecular complexity index is 526. The van der Waals surface area contributed by atoms with Crippen LogP contribution in [0.4, 0.5) is 10.5 Å². The molecule has 0 spiro atoms. The zero-order valence-electron chi connectivity index (χ0n) is 14.7. The molecule has 0 saturated heterocycles. The Labute approximate surface area is 144 Å². The fourth-order valence-corrected chi connectivity index (χ4v) is 2.33. The second-order valence-corrected chi connectivity index (χ2v) is 5.83. The molecule has 1 aromatic carbocycles. The molecule has 1 rings (SSSR count). The second kappa shape index (κ2) is 11.3. The lowest BCUT2D eigenvalue weighted by Gasteiger charge is -2.15. The van der Waals surface area contributed by atoms with E-state index < -0.39 is 0 Å². The number of hydrogen-bond donors (Lipinski definition) is 3. The number of carbonyl (C=O) groups is 2. The van der Waals surface area contributed by atoms with Crippen LogP contribution in [0, 0.1) is 5.92 Å². The van der Waals surface area contributed by atoms with Crippen LogP contribution in [0.3, 0.4) is 0 Å². The average molecular weight is 331 g/mol. The fraction of sp³-hybridized carbons (Fsp3) is 0.474. The van der Waals surface area contributed by atoms with E-state index in [1.54, 1.807) is 30.3 Å². The Morgan fingerprint density at radius 3 is 2.46 bits per heavy atom. The van der Waals surface area contributed by atoms with Crippen molar-refractivity contribution in [3.63, 3.8) is 0 Å². The number of carbonyl (C=O) groups excluding carboxylic acids is 2. The molecule has 24 heavy (non-hydrogen) atoms. The largest absolute Gasteiger partial charge is 0.349 e. The lowest BCUT2D eigenvalue weighted by molar-refractivity contribution is 0.0958. The smallest absolute Gasteiger partial charge is 0.319 e. The molecule has 0 aromatic heterocycles. The van der Waals surface area contributed by atoms with E-state index in [4.69, 9.17) is 0 Å². The number of urea groups is 1. The van der Waals surface area contributed by atoms with Gasteiger partial charge in [-0.2, -0.15) is 0 Å². The first kappa shape index (κ1) is 19.7. The molecule has 0 aliphatic heterocycles. The molecule has 0 fully saturated rings. The second-order valence-electron chi connectivity index (χ2n) is 5.83. The third-order valence-electron chi connectivity index (χ3n) is 3.91. The summed E-state index contributed by atoms with van der Waals surface area (Å²) < 4.78 is 0. The van der Waals surface area contributed by atoms with Crippen molar-refractivity contribution in [3.8, 4) is 0 Å². The van der Waals surface area contributed by atoms with Crippen molar-refractivity contribution in [2.75, 3.05) is 18.4 Å². The van der Waals surface area contributed by atoms with Crippen molar-refractivity contribution in [1.82, 2.24) is 10.6 Å². The standard InChI is InChI=1S/C19H29N3O2/c1-4-7-8-15(6-3)14-21-19(24)22-17-11-9-16(10-12-17)18(23)20-13-5-2/h5,9-12,15H,2,4,6-8,13-14H2,1,3H3,(H,20,23)(H2,21,22,24). The molecular weight excluding hydrogens is 302 g/mol. The van der Waals surface area contributed by atoms with Gasteiger partial charge in [-0.15, -0.1) is 6.58 Å². The molecule has 3 N–H and O–H groups in total. The number of benzene rings is 1. The van der Waals surface area contributed by atoms with E-state index in [-0.39, 0.29) is 11.9 Å². The van der Waals surface area contributed by atoms with Gasteiger partial charge in [-0.1, -0.05) is 39.2 Å². The van der Waals surface area contributed by atoms with E-state index in [9.17, 15) is 9.59 Å². The SMILES string of the molecule is C=CCNC(=O)c1ccc(NC(=O)NCC(CC)CCCC)cc1. The van der Waals surface area contributed by atoms with Crippen LogP contribution < -0.4 is 16.0 Å². The summed E-state index contributed by atoms with van der Waals surface area (Å²) in [5.74, 6) is 0.360. The normalized spacial score (nSPS) is 11.4. The van der Waals surface area contributed by atoms with Crippen LogP contribution >= 0.6 is 0 Å². The van der Waals surface area contributed by atoms with Gasteiger partial charge < -0.3 is 16.0 Å². The summed E-state index contributed by atoms with van der Waals surface area (Å²) in [7, 11) is 0. The average Bonchev–Trinajstić information content (AvgIpc) is 2.60. The summed E-state index contributed by atoms with van der Waals surface area (Å²) in [4.78, 5) is 23.7. The van der Waals surface area contributed by atoms with Gasteiger partial charge in [0, 0.05) is 24.3 Å². The first-order valence-corrected chi connectivity index (χ1v) is 8.64. The molecule has 0 aliphatic carbocycles. The lowest BCUT2D eigenvalue weighted by atomic mass is 9.99. The van der Waals surface area contributed by atoms with Crippen molar-refractivity contribution in [2.45, 2.75) is 39.5 Å². The summed E-state index contributed by atoms with van der Waals surface area (Å²) >= 11 is 0. The molecular formula is C19H29N3O2. The molecule has 1 aromatic rings. The van der Waals surface area contributed by atoms with Crippen LogP contribution in [0.2, 0.25) is 0 Å². The maximum atomic E-state index is 12.0. The van der Waals surface area contributed by atoms with Crippen LogP contribution in [0.1, 0.15) is 49.9 Å². The van der Waals surface area contributed by atoms with Crippen molar-refractivity contribution in [1.29, 1.82) is 0 Å². The molecule has 1 unspecified atom stereocenters. The number of amides is 3. The minimum atomic E-state index is -0.214. The van der Waals surface area contributed by atoms with Crippen molar-refractivity contribution in [3.05, 3.63) is 42.5 Å². The number of anilines is 1. The quantitative estimate of drug-likeness (QED) is 0.568. The summed E-state index contributed by atoms with van der Waals surface area (Å²) in [5, 5.41) is 8.41.